The quantitative estimate of drug-likeness (QED) is 0.733. The Morgan fingerprint density at radius 2 is 1.94 bits per heavy atom. The number of likely N-dealkylation sites (tertiary alicyclic amines) is 1. The zero-order chi connectivity index (χ0) is 13.3. The Labute approximate surface area is 110 Å². The number of rotatable bonds is 1. The van der Waals surface area contributed by atoms with Crippen molar-refractivity contribution in [3.05, 3.63) is 0 Å². The summed E-state index contributed by atoms with van der Waals surface area (Å²) in [6.07, 6.45) is 3.32. The van der Waals surface area contributed by atoms with Gasteiger partial charge in [-0.25, -0.2) is 0 Å². The third-order valence-electron chi connectivity index (χ3n) is 4.78. The molecular weight excluding hydrogens is 228 g/mol. The molecule has 5 atom stereocenters. The molecule has 1 saturated heterocycles. The molecule has 5 unspecified atom stereocenters. The molecule has 1 amide bonds. The average molecular weight is 254 g/mol. The highest BCUT2D eigenvalue weighted by Crippen LogP contribution is 2.30. The Kier molecular flexibility index (Phi) is 4.28. The van der Waals surface area contributed by atoms with Crippen molar-refractivity contribution in [2.45, 2.75) is 51.7 Å². The van der Waals surface area contributed by atoms with Gasteiger partial charge < -0.3 is 15.7 Å². The van der Waals surface area contributed by atoms with Crippen LogP contribution in [0, 0.1) is 17.8 Å². The van der Waals surface area contributed by atoms with Gasteiger partial charge in [0.2, 0.25) is 5.91 Å². The van der Waals surface area contributed by atoms with Gasteiger partial charge in [-0.1, -0.05) is 13.8 Å². The Morgan fingerprint density at radius 1 is 1.22 bits per heavy atom. The standard InChI is InChI=1S/C14H26N2O2/c1-9-3-4-11(7-12(9)15)14(18)16-6-5-13(17)10(2)8-16/h9-13,17H,3-8,15H2,1-2H3. The van der Waals surface area contributed by atoms with Crippen molar-refractivity contribution in [3.8, 4) is 0 Å². The van der Waals surface area contributed by atoms with Gasteiger partial charge in [0, 0.05) is 25.0 Å². The van der Waals surface area contributed by atoms with Crippen LogP contribution in [-0.2, 0) is 4.79 Å². The lowest BCUT2D eigenvalue weighted by molar-refractivity contribution is -0.140. The van der Waals surface area contributed by atoms with E-state index < -0.39 is 0 Å². The SMILES string of the molecule is CC1CCC(C(=O)N2CCC(O)C(C)C2)CC1N. The molecule has 0 aromatic heterocycles. The van der Waals surface area contributed by atoms with Crippen molar-refractivity contribution in [3.63, 3.8) is 0 Å². The molecule has 2 fully saturated rings. The summed E-state index contributed by atoms with van der Waals surface area (Å²) < 4.78 is 0. The van der Waals surface area contributed by atoms with Crippen LogP contribution < -0.4 is 5.73 Å². The molecule has 1 aliphatic heterocycles. The third-order valence-corrected chi connectivity index (χ3v) is 4.78. The van der Waals surface area contributed by atoms with Gasteiger partial charge >= 0.3 is 0 Å². The summed E-state index contributed by atoms with van der Waals surface area (Å²) in [6.45, 7) is 5.58. The van der Waals surface area contributed by atoms with E-state index in [4.69, 9.17) is 5.73 Å². The molecule has 0 aromatic rings. The van der Waals surface area contributed by atoms with E-state index in [0.29, 0.717) is 25.4 Å². The second-order valence-corrected chi connectivity index (χ2v) is 6.27. The minimum atomic E-state index is -0.248. The van der Waals surface area contributed by atoms with Crippen LogP contribution >= 0.6 is 0 Å². The summed E-state index contributed by atoms with van der Waals surface area (Å²) in [5, 5.41) is 9.71. The fourth-order valence-electron chi connectivity index (χ4n) is 3.17. The van der Waals surface area contributed by atoms with Crippen LogP contribution in [0.15, 0.2) is 0 Å². The monoisotopic (exact) mass is 254 g/mol. The molecule has 1 saturated carbocycles. The smallest absolute Gasteiger partial charge is 0.225 e. The van der Waals surface area contributed by atoms with Crippen molar-refractivity contribution in [1.82, 2.24) is 4.90 Å². The highest BCUT2D eigenvalue weighted by Gasteiger charge is 2.34. The van der Waals surface area contributed by atoms with Crippen LogP contribution in [0.25, 0.3) is 0 Å². The first-order chi connectivity index (χ1) is 8.49. The molecule has 0 aromatic carbocycles. The molecule has 2 rings (SSSR count). The van der Waals surface area contributed by atoms with E-state index in [-0.39, 0.29) is 29.9 Å². The number of nitrogens with zero attached hydrogens (tertiary/aromatic N) is 1. The Morgan fingerprint density at radius 3 is 2.56 bits per heavy atom. The molecule has 104 valence electrons. The van der Waals surface area contributed by atoms with Crippen molar-refractivity contribution in [2.75, 3.05) is 13.1 Å². The van der Waals surface area contributed by atoms with E-state index in [0.717, 1.165) is 19.3 Å². The Bertz CT molecular complexity index is 280. The number of nitrogens with two attached hydrogens (primary N) is 1. The van der Waals surface area contributed by atoms with E-state index in [1.165, 1.54) is 0 Å². The molecule has 4 nitrogen and oxygen atoms in total. The number of hydrogen-bond acceptors (Lipinski definition) is 3. The van der Waals surface area contributed by atoms with Gasteiger partial charge in [0.1, 0.15) is 0 Å². The first kappa shape index (κ1) is 13.8. The minimum absolute atomic E-state index is 0.110. The zero-order valence-corrected chi connectivity index (χ0v) is 11.5. The molecule has 3 N–H and O–H groups in total. The average Bonchev–Trinajstić information content (AvgIpc) is 2.35. The molecule has 0 bridgehead atoms. The predicted octanol–water partition coefficient (Wildman–Crippen LogP) is 0.979. The van der Waals surface area contributed by atoms with E-state index in [2.05, 4.69) is 6.92 Å². The maximum atomic E-state index is 12.4. The first-order valence-electron chi connectivity index (χ1n) is 7.21. The van der Waals surface area contributed by atoms with Gasteiger partial charge in [-0.2, -0.15) is 0 Å². The molecule has 1 heterocycles. The lowest BCUT2D eigenvalue weighted by atomic mass is 9.78. The lowest BCUT2D eigenvalue weighted by Gasteiger charge is -2.39. The van der Waals surface area contributed by atoms with Crippen LogP contribution in [0.5, 0.6) is 0 Å². The summed E-state index contributed by atoms with van der Waals surface area (Å²) in [7, 11) is 0. The molecule has 2 aliphatic rings. The molecule has 1 aliphatic carbocycles. The summed E-state index contributed by atoms with van der Waals surface area (Å²) in [4.78, 5) is 14.4. The van der Waals surface area contributed by atoms with Crippen LogP contribution in [0.3, 0.4) is 0 Å². The number of amides is 1. The van der Waals surface area contributed by atoms with Crippen LogP contribution in [-0.4, -0.2) is 41.1 Å². The van der Waals surface area contributed by atoms with Gasteiger partial charge in [0.15, 0.2) is 0 Å². The van der Waals surface area contributed by atoms with Crippen molar-refractivity contribution >= 4 is 5.91 Å². The number of carbonyl (C=O) groups is 1. The number of piperidine rings is 1. The van der Waals surface area contributed by atoms with Crippen LogP contribution in [0.1, 0.15) is 39.5 Å². The summed E-state index contributed by atoms with van der Waals surface area (Å²) in [5.74, 6) is 1.10. The first-order valence-corrected chi connectivity index (χ1v) is 7.21. The normalized spacial score (nSPS) is 41.8. The fourth-order valence-corrected chi connectivity index (χ4v) is 3.17. The summed E-state index contributed by atoms with van der Waals surface area (Å²) in [5.41, 5.74) is 6.07. The molecule has 4 heteroatoms. The van der Waals surface area contributed by atoms with Crippen molar-refractivity contribution < 1.29 is 9.90 Å². The van der Waals surface area contributed by atoms with E-state index in [1.54, 1.807) is 0 Å². The van der Waals surface area contributed by atoms with Gasteiger partial charge in [0.25, 0.3) is 0 Å². The van der Waals surface area contributed by atoms with E-state index >= 15 is 0 Å². The van der Waals surface area contributed by atoms with Gasteiger partial charge in [-0.05, 0) is 37.5 Å². The fraction of sp³-hybridized carbons (Fsp3) is 0.929. The predicted molar refractivity (Wildman–Crippen MR) is 70.8 cm³/mol. The van der Waals surface area contributed by atoms with E-state index in [1.807, 2.05) is 11.8 Å². The summed E-state index contributed by atoms with van der Waals surface area (Å²) >= 11 is 0. The van der Waals surface area contributed by atoms with E-state index in [9.17, 15) is 9.90 Å². The Balaban J connectivity index is 1.91. The largest absolute Gasteiger partial charge is 0.393 e. The number of carbonyl (C=O) groups excluding carboxylic acids is 1. The van der Waals surface area contributed by atoms with Gasteiger partial charge in [0.05, 0.1) is 6.10 Å². The lowest BCUT2D eigenvalue weighted by Crippen LogP contribution is -2.49. The molecule has 0 radical (unpaired) electrons. The topological polar surface area (TPSA) is 66.6 Å². The highest BCUT2D eigenvalue weighted by molar-refractivity contribution is 5.79. The molecular formula is C14H26N2O2. The number of hydrogen-bond donors (Lipinski definition) is 2. The second kappa shape index (κ2) is 5.57. The van der Waals surface area contributed by atoms with Crippen LogP contribution in [0.2, 0.25) is 0 Å². The minimum Gasteiger partial charge on any atom is -0.393 e. The number of aliphatic hydroxyl groups excluding tert-OH is 1. The third kappa shape index (κ3) is 2.86. The molecule has 0 spiro atoms. The van der Waals surface area contributed by atoms with Gasteiger partial charge in [-0.15, -0.1) is 0 Å². The molecule has 18 heavy (non-hydrogen) atoms. The number of aliphatic hydroxyl groups is 1. The van der Waals surface area contributed by atoms with Crippen molar-refractivity contribution in [1.29, 1.82) is 0 Å². The van der Waals surface area contributed by atoms with Crippen molar-refractivity contribution in [2.24, 2.45) is 23.5 Å². The maximum Gasteiger partial charge on any atom is 0.225 e. The maximum absolute atomic E-state index is 12.4. The highest BCUT2D eigenvalue weighted by atomic mass is 16.3. The van der Waals surface area contributed by atoms with Gasteiger partial charge in [-0.3, -0.25) is 4.79 Å². The van der Waals surface area contributed by atoms with Crippen LogP contribution in [0.4, 0.5) is 0 Å². The Hall–Kier alpha value is -0.610. The summed E-state index contributed by atoms with van der Waals surface area (Å²) in [6, 6.07) is 0.167. The second-order valence-electron chi connectivity index (χ2n) is 6.27. The zero-order valence-electron chi connectivity index (χ0n) is 11.5.